The van der Waals surface area contributed by atoms with Gasteiger partial charge in [0.1, 0.15) is 0 Å². The first-order chi connectivity index (χ1) is 10.7. The zero-order valence-electron chi connectivity index (χ0n) is 12.4. The van der Waals surface area contributed by atoms with Crippen LogP contribution in [0.15, 0.2) is 59.8 Å². The van der Waals surface area contributed by atoms with Crippen molar-refractivity contribution in [1.82, 2.24) is 14.8 Å². The summed E-state index contributed by atoms with van der Waals surface area (Å²) in [6.45, 7) is 2.13. The third-order valence-electron chi connectivity index (χ3n) is 3.49. The molecule has 0 aliphatic carbocycles. The molecule has 0 aliphatic heterocycles. The molecule has 5 heteroatoms. The predicted molar refractivity (Wildman–Crippen MR) is 92.2 cm³/mol. The van der Waals surface area contributed by atoms with E-state index < -0.39 is 0 Å². The quantitative estimate of drug-likeness (QED) is 0.632. The van der Waals surface area contributed by atoms with E-state index in [0.29, 0.717) is 0 Å². The lowest BCUT2D eigenvalue weighted by Gasteiger charge is -2.12. The normalized spacial score (nSPS) is 12.3. The summed E-state index contributed by atoms with van der Waals surface area (Å²) in [5.41, 5.74) is 2.17. The fraction of sp³-hybridized carbons (Fsp3) is 0.176. The molecule has 1 atom stereocenters. The first-order valence-electron chi connectivity index (χ1n) is 7.02. The van der Waals surface area contributed by atoms with Crippen LogP contribution in [0.3, 0.4) is 0 Å². The predicted octanol–water partition coefficient (Wildman–Crippen LogP) is 4.99. The number of halogens is 1. The molecule has 22 heavy (non-hydrogen) atoms. The van der Waals surface area contributed by atoms with E-state index in [1.165, 1.54) is 0 Å². The third kappa shape index (κ3) is 3.03. The lowest BCUT2D eigenvalue weighted by molar-refractivity contribution is 0.790. The van der Waals surface area contributed by atoms with Crippen molar-refractivity contribution < 1.29 is 0 Å². The third-order valence-corrected chi connectivity index (χ3v) is 5.01. The van der Waals surface area contributed by atoms with Crippen LogP contribution in [-0.4, -0.2) is 14.8 Å². The summed E-state index contributed by atoms with van der Waals surface area (Å²) in [6, 6.07) is 18.0. The molecule has 0 spiro atoms. The lowest BCUT2D eigenvalue weighted by atomic mass is 10.2. The van der Waals surface area contributed by atoms with E-state index in [4.69, 9.17) is 11.6 Å². The zero-order valence-corrected chi connectivity index (χ0v) is 14.0. The second kappa shape index (κ2) is 6.55. The van der Waals surface area contributed by atoms with Crippen LogP contribution in [0.4, 0.5) is 0 Å². The molecular formula is C17H16ClN3S. The van der Waals surface area contributed by atoms with Crippen molar-refractivity contribution in [1.29, 1.82) is 0 Å². The zero-order chi connectivity index (χ0) is 15.5. The van der Waals surface area contributed by atoms with Crippen molar-refractivity contribution in [3.8, 4) is 11.4 Å². The summed E-state index contributed by atoms with van der Waals surface area (Å²) in [5.74, 6) is 0.870. The van der Waals surface area contributed by atoms with Crippen molar-refractivity contribution in [2.45, 2.75) is 17.3 Å². The van der Waals surface area contributed by atoms with Crippen LogP contribution >= 0.6 is 23.4 Å². The number of rotatable bonds is 4. The lowest BCUT2D eigenvalue weighted by Crippen LogP contribution is -1.97. The maximum atomic E-state index is 6.27. The van der Waals surface area contributed by atoms with Crippen molar-refractivity contribution >= 4 is 23.4 Å². The fourth-order valence-corrected chi connectivity index (χ4v) is 3.63. The number of aromatic nitrogens is 3. The largest absolute Gasteiger partial charge is 0.305 e. The minimum atomic E-state index is 0.209. The van der Waals surface area contributed by atoms with E-state index in [-0.39, 0.29) is 5.25 Å². The molecule has 0 saturated carbocycles. The topological polar surface area (TPSA) is 30.7 Å². The van der Waals surface area contributed by atoms with Gasteiger partial charge >= 0.3 is 0 Å². The Hall–Kier alpha value is -1.78. The Morgan fingerprint density at radius 3 is 2.41 bits per heavy atom. The Kier molecular flexibility index (Phi) is 4.50. The van der Waals surface area contributed by atoms with Crippen LogP contribution in [0, 0.1) is 0 Å². The number of thioether (sulfide) groups is 1. The van der Waals surface area contributed by atoms with Gasteiger partial charge in [-0.2, -0.15) is 0 Å². The van der Waals surface area contributed by atoms with Crippen LogP contribution in [0.1, 0.15) is 17.7 Å². The van der Waals surface area contributed by atoms with Crippen molar-refractivity contribution in [3.05, 3.63) is 65.2 Å². The second-order valence-corrected chi connectivity index (χ2v) is 6.73. The van der Waals surface area contributed by atoms with Gasteiger partial charge in [0, 0.05) is 22.9 Å². The molecular weight excluding hydrogens is 314 g/mol. The summed E-state index contributed by atoms with van der Waals surface area (Å²) in [5, 5.41) is 10.5. The number of nitrogens with zero attached hydrogens (tertiary/aromatic N) is 3. The van der Waals surface area contributed by atoms with Crippen LogP contribution in [0.2, 0.25) is 5.02 Å². The van der Waals surface area contributed by atoms with Gasteiger partial charge < -0.3 is 4.57 Å². The summed E-state index contributed by atoms with van der Waals surface area (Å²) in [4.78, 5) is 0. The van der Waals surface area contributed by atoms with E-state index in [9.17, 15) is 0 Å². The molecule has 0 N–H and O–H groups in total. The van der Waals surface area contributed by atoms with Gasteiger partial charge in [-0.15, -0.1) is 10.2 Å². The molecule has 0 radical (unpaired) electrons. The van der Waals surface area contributed by atoms with E-state index in [0.717, 1.165) is 27.1 Å². The van der Waals surface area contributed by atoms with Gasteiger partial charge in [-0.25, -0.2) is 0 Å². The maximum absolute atomic E-state index is 6.27. The Morgan fingerprint density at radius 2 is 1.68 bits per heavy atom. The summed E-state index contributed by atoms with van der Waals surface area (Å²) in [6.07, 6.45) is 0. The van der Waals surface area contributed by atoms with Gasteiger partial charge in [0.15, 0.2) is 11.0 Å². The molecule has 0 amide bonds. The van der Waals surface area contributed by atoms with E-state index in [2.05, 4.69) is 23.2 Å². The van der Waals surface area contributed by atoms with Gasteiger partial charge in [0.2, 0.25) is 0 Å². The Balaban J connectivity index is 1.85. The Labute approximate surface area is 139 Å². The van der Waals surface area contributed by atoms with Crippen molar-refractivity contribution in [2.24, 2.45) is 7.05 Å². The van der Waals surface area contributed by atoms with Gasteiger partial charge in [0.25, 0.3) is 0 Å². The van der Waals surface area contributed by atoms with Crippen molar-refractivity contribution in [2.75, 3.05) is 0 Å². The molecule has 3 nitrogen and oxygen atoms in total. The second-order valence-electron chi connectivity index (χ2n) is 5.01. The molecule has 0 aliphatic rings. The molecule has 1 heterocycles. The van der Waals surface area contributed by atoms with E-state index in [1.807, 2.05) is 60.1 Å². The fourth-order valence-electron chi connectivity index (χ4n) is 2.28. The molecule has 3 aromatic rings. The molecule has 0 bridgehead atoms. The molecule has 112 valence electrons. The van der Waals surface area contributed by atoms with Crippen molar-refractivity contribution in [3.63, 3.8) is 0 Å². The van der Waals surface area contributed by atoms with Gasteiger partial charge in [-0.05, 0) is 18.6 Å². The van der Waals surface area contributed by atoms with Gasteiger partial charge in [0.05, 0.1) is 0 Å². The van der Waals surface area contributed by atoms with Crippen LogP contribution in [0.25, 0.3) is 11.4 Å². The minimum absolute atomic E-state index is 0.209. The molecule has 0 fully saturated rings. The maximum Gasteiger partial charge on any atom is 0.191 e. The Bertz CT molecular complexity index is 771. The standard InChI is InChI=1S/C17H16ClN3S/c1-12(14-10-6-7-11-15(14)18)22-17-20-19-16(21(17)2)13-8-4-3-5-9-13/h3-12H,1-2H3/t12-/m0/s1. The van der Waals surface area contributed by atoms with Crippen LogP contribution < -0.4 is 0 Å². The summed E-state index contributed by atoms with van der Waals surface area (Å²) in [7, 11) is 1.99. The first kappa shape index (κ1) is 15.1. The SMILES string of the molecule is C[C@H](Sc1nnc(-c2ccccc2)n1C)c1ccccc1Cl. The number of benzene rings is 2. The smallest absolute Gasteiger partial charge is 0.191 e. The highest BCUT2D eigenvalue weighted by Crippen LogP contribution is 2.37. The average molecular weight is 330 g/mol. The summed E-state index contributed by atoms with van der Waals surface area (Å²) < 4.78 is 2.02. The molecule has 0 unspecified atom stereocenters. The van der Waals surface area contributed by atoms with Crippen LogP contribution in [-0.2, 0) is 7.05 Å². The highest BCUT2D eigenvalue weighted by Gasteiger charge is 2.16. The average Bonchev–Trinajstić information content (AvgIpc) is 2.89. The van der Waals surface area contributed by atoms with E-state index in [1.54, 1.807) is 11.8 Å². The Morgan fingerprint density at radius 1 is 1.00 bits per heavy atom. The highest BCUT2D eigenvalue weighted by atomic mass is 35.5. The van der Waals surface area contributed by atoms with E-state index >= 15 is 0 Å². The molecule has 0 saturated heterocycles. The molecule has 3 rings (SSSR count). The minimum Gasteiger partial charge on any atom is -0.305 e. The monoisotopic (exact) mass is 329 g/mol. The highest BCUT2D eigenvalue weighted by molar-refractivity contribution is 7.99. The molecule has 2 aromatic carbocycles. The first-order valence-corrected chi connectivity index (χ1v) is 8.28. The number of hydrogen-bond donors (Lipinski definition) is 0. The number of hydrogen-bond acceptors (Lipinski definition) is 3. The van der Waals surface area contributed by atoms with Gasteiger partial charge in [-0.3, -0.25) is 0 Å². The molecule has 1 aromatic heterocycles. The van der Waals surface area contributed by atoms with Gasteiger partial charge in [-0.1, -0.05) is 71.9 Å². The summed E-state index contributed by atoms with van der Waals surface area (Å²) >= 11 is 7.93. The van der Waals surface area contributed by atoms with Crippen LogP contribution in [0.5, 0.6) is 0 Å².